The highest BCUT2D eigenvalue weighted by molar-refractivity contribution is 6.32. The normalized spacial score (nSPS) is 21.7. The molecule has 8 heteroatoms. The van der Waals surface area contributed by atoms with Gasteiger partial charge in [0.2, 0.25) is 5.91 Å². The van der Waals surface area contributed by atoms with Crippen LogP contribution in [0.15, 0.2) is 36.4 Å². The van der Waals surface area contributed by atoms with E-state index in [9.17, 15) is 18.0 Å². The molecule has 0 saturated carbocycles. The topological polar surface area (TPSA) is 26.8 Å². The number of halogens is 4. The monoisotopic (exact) mass is 465 g/mol. The zero-order valence-electron chi connectivity index (χ0n) is 18.4. The molecule has 2 atom stereocenters. The van der Waals surface area contributed by atoms with E-state index in [1.165, 1.54) is 12.1 Å². The van der Waals surface area contributed by atoms with Gasteiger partial charge in [-0.2, -0.15) is 13.2 Å². The van der Waals surface area contributed by atoms with Crippen LogP contribution < -0.4 is 9.80 Å². The lowest BCUT2D eigenvalue weighted by Gasteiger charge is -2.43. The number of hydrogen-bond donors (Lipinski definition) is 0. The smallest absolute Gasteiger partial charge is 0.368 e. The van der Waals surface area contributed by atoms with Crippen LogP contribution in [-0.2, 0) is 23.8 Å². The largest absolute Gasteiger partial charge is 0.417 e. The van der Waals surface area contributed by atoms with Gasteiger partial charge < -0.3 is 9.80 Å². The summed E-state index contributed by atoms with van der Waals surface area (Å²) in [6, 6.07) is 10.7. The summed E-state index contributed by atoms with van der Waals surface area (Å²) in [6.45, 7) is 6.71. The maximum Gasteiger partial charge on any atom is 0.417 e. The predicted molar refractivity (Wildman–Crippen MR) is 122 cm³/mol. The molecule has 1 fully saturated rings. The Kier molecular flexibility index (Phi) is 6.16. The molecular formula is C24H27ClF3N3O. The molecule has 32 heavy (non-hydrogen) atoms. The first-order valence-electron chi connectivity index (χ1n) is 10.8. The van der Waals surface area contributed by atoms with Crippen molar-refractivity contribution in [2.45, 2.75) is 44.9 Å². The Labute approximate surface area is 191 Å². The van der Waals surface area contributed by atoms with E-state index < -0.39 is 16.8 Å². The summed E-state index contributed by atoms with van der Waals surface area (Å²) in [5.41, 5.74) is 2.26. The van der Waals surface area contributed by atoms with Crippen LogP contribution in [0.1, 0.15) is 30.5 Å². The molecule has 0 spiro atoms. The van der Waals surface area contributed by atoms with Crippen LogP contribution in [0.3, 0.4) is 0 Å². The molecule has 0 aromatic heterocycles. The van der Waals surface area contributed by atoms with Gasteiger partial charge in [0.25, 0.3) is 0 Å². The number of hydrogen-bond acceptors (Lipinski definition) is 3. The Balaban J connectivity index is 1.56. The van der Waals surface area contributed by atoms with Crippen molar-refractivity contribution in [1.29, 1.82) is 0 Å². The molecule has 172 valence electrons. The summed E-state index contributed by atoms with van der Waals surface area (Å²) in [7, 11) is 2.13. The van der Waals surface area contributed by atoms with E-state index in [-0.39, 0.29) is 17.9 Å². The second kappa shape index (κ2) is 8.60. The minimum Gasteiger partial charge on any atom is -0.368 e. The summed E-state index contributed by atoms with van der Waals surface area (Å²) in [5.74, 6) is -0.248. The van der Waals surface area contributed by atoms with Crippen LogP contribution in [-0.4, -0.2) is 49.6 Å². The minimum atomic E-state index is -4.55. The third kappa shape index (κ3) is 4.33. The fourth-order valence-corrected chi connectivity index (χ4v) is 4.93. The van der Waals surface area contributed by atoms with Crippen molar-refractivity contribution in [3.8, 4) is 0 Å². The number of rotatable bonds is 3. The van der Waals surface area contributed by atoms with Crippen LogP contribution >= 0.6 is 11.6 Å². The first-order chi connectivity index (χ1) is 15.1. The molecule has 0 N–H and O–H groups in total. The Bertz CT molecular complexity index is 1010. The first kappa shape index (κ1) is 22.9. The van der Waals surface area contributed by atoms with E-state index in [1.807, 2.05) is 6.07 Å². The summed E-state index contributed by atoms with van der Waals surface area (Å²) < 4.78 is 39.5. The van der Waals surface area contributed by atoms with Crippen LogP contribution in [0.25, 0.3) is 0 Å². The van der Waals surface area contributed by atoms with E-state index in [2.05, 4.69) is 42.8 Å². The Morgan fingerprint density at radius 2 is 1.81 bits per heavy atom. The van der Waals surface area contributed by atoms with Gasteiger partial charge in [-0.3, -0.25) is 9.69 Å². The van der Waals surface area contributed by atoms with Crippen molar-refractivity contribution in [3.05, 3.63) is 58.1 Å². The highest BCUT2D eigenvalue weighted by Crippen LogP contribution is 2.37. The highest BCUT2D eigenvalue weighted by atomic mass is 35.5. The Morgan fingerprint density at radius 3 is 2.47 bits per heavy atom. The molecule has 4 rings (SSSR count). The minimum absolute atomic E-state index is 0.172. The van der Waals surface area contributed by atoms with E-state index in [4.69, 9.17) is 11.6 Å². The summed E-state index contributed by atoms with van der Waals surface area (Å²) in [6.07, 6.45) is -4.00. The lowest BCUT2D eigenvalue weighted by Crippen LogP contribution is -2.55. The number of benzene rings is 2. The van der Waals surface area contributed by atoms with Gasteiger partial charge >= 0.3 is 6.18 Å². The second-order valence-electron chi connectivity index (χ2n) is 8.83. The van der Waals surface area contributed by atoms with E-state index in [1.54, 1.807) is 4.90 Å². The van der Waals surface area contributed by atoms with Gasteiger partial charge in [0.05, 0.1) is 17.0 Å². The number of piperazine rings is 1. The van der Waals surface area contributed by atoms with Gasteiger partial charge in [-0.1, -0.05) is 29.8 Å². The second-order valence-corrected chi connectivity index (χ2v) is 9.21. The molecule has 1 amide bonds. The number of carbonyl (C=O) groups excluding carboxylic acids is 1. The number of likely N-dealkylation sites (N-methyl/N-ethyl adjacent to an activating group) is 1. The summed E-state index contributed by atoms with van der Waals surface area (Å²) in [4.78, 5) is 19.5. The molecule has 0 aliphatic carbocycles. The third-order valence-electron chi connectivity index (χ3n) is 6.72. The van der Waals surface area contributed by atoms with Crippen molar-refractivity contribution in [1.82, 2.24) is 4.90 Å². The van der Waals surface area contributed by atoms with Gasteiger partial charge in [-0.25, -0.2) is 0 Å². The zero-order chi connectivity index (χ0) is 23.2. The van der Waals surface area contributed by atoms with Crippen LogP contribution in [0, 0.1) is 0 Å². The molecule has 2 aromatic carbocycles. The maximum absolute atomic E-state index is 13.2. The van der Waals surface area contributed by atoms with Gasteiger partial charge in [-0.15, -0.1) is 0 Å². The first-order valence-corrected chi connectivity index (χ1v) is 11.2. The van der Waals surface area contributed by atoms with Crippen LogP contribution in [0.2, 0.25) is 5.02 Å². The Morgan fingerprint density at radius 1 is 1.12 bits per heavy atom. The quantitative estimate of drug-likeness (QED) is 0.637. The fraction of sp³-hybridized carbons (Fsp3) is 0.458. The SMILES string of the molecule is CC1CN(c2ccc3c(c2)N(C(=O)Cc2cccc(C(F)(F)F)c2Cl)CC3)CC(C)N1C. The van der Waals surface area contributed by atoms with E-state index in [0.717, 1.165) is 42.5 Å². The molecular weight excluding hydrogens is 439 g/mol. The van der Waals surface area contributed by atoms with Crippen molar-refractivity contribution >= 4 is 28.9 Å². The van der Waals surface area contributed by atoms with Gasteiger partial charge in [-0.05, 0) is 56.6 Å². The Hall–Kier alpha value is -2.25. The average Bonchev–Trinajstić information content (AvgIpc) is 3.15. The molecule has 2 aromatic rings. The molecule has 2 aliphatic heterocycles. The van der Waals surface area contributed by atoms with Gasteiger partial charge in [0.1, 0.15) is 0 Å². The molecule has 2 heterocycles. The lowest BCUT2D eigenvalue weighted by molar-refractivity contribution is -0.137. The number of fused-ring (bicyclic) bond motifs is 1. The molecule has 0 radical (unpaired) electrons. The molecule has 4 nitrogen and oxygen atoms in total. The van der Waals surface area contributed by atoms with Crippen molar-refractivity contribution in [2.24, 2.45) is 0 Å². The zero-order valence-corrected chi connectivity index (χ0v) is 19.2. The highest BCUT2D eigenvalue weighted by Gasteiger charge is 2.35. The molecule has 2 aliphatic rings. The van der Waals surface area contributed by atoms with E-state index in [0.29, 0.717) is 18.6 Å². The lowest BCUT2D eigenvalue weighted by atomic mass is 10.1. The standard InChI is InChI=1S/C24H27ClF3N3O/c1-15-13-30(14-16(2)29(15)3)19-8-7-17-9-10-31(21(17)12-19)22(32)11-18-5-4-6-20(23(18)25)24(26,27)28/h4-8,12,15-16H,9-11,13-14H2,1-3H3. The fourth-order valence-electron chi connectivity index (χ4n) is 4.63. The maximum atomic E-state index is 13.2. The number of nitrogens with zero attached hydrogens (tertiary/aromatic N) is 3. The average molecular weight is 466 g/mol. The third-order valence-corrected chi connectivity index (χ3v) is 7.16. The van der Waals surface area contributed by atoms with Gasteiger partial charge in [0, 0.05) is 43.1 Å². The summed E-state index contributed by atoms with van der Waals surface area (Å²) in [5, 5.41) is -0.401. The van der Waals surface area contributed by atoms with Crippen molar-refractivity contribution in [3.63, 3.8) is 0 Å². The predicted octanol–water partition coefficient (Wildman–Crippen LogP) is 5.02. The molecule has 2 unspecified atom stereocenters. The molecule has 1 saturated heterocycles. The number of carbonyl (C=O) groups is 1. The van der Waals surface area contributed by atoms with E-state index >= 15 is 0 Å². The van der Waals surface area contributed by atoms with Gasteiger partial charge in [0.15, 0.2) is 0 Å². The summed E-state index contributed by atoms with van der Waals surface area (Å²) >= 11 is 6.01. The number of amides is 1. The number of alkyl halides is 3. The van der Waals surface area contributed by atoms with Crippen molar-refractivity contribution in [2.75, 3.05) is 36.5 Å². The van der Waals surface area contributed by atoms with Crippen LogP contribution in [0.4, 0.5) is 24.5 Å². The van der Waals surface area contributed by atoms with Crippen molar-refractivity contribution < 1.29 is 18.0 Å². The van der Waals surface area contributed by atoms with Crippen LogP contribution in [0.5, 0.6) is 0 Å². The molecule has 0 bridgehead atoms. The number of anilines is 2.